The van der Waals surface area contributed by atoms with Crippen LogP contribution >= 0.6 is 12.4 Å². The molecule has 82 valence electrons. The van der Waals surface area contributed by atoms with E-state index in [1.54, 1.807) is 0 Å². The van der Waals surface area contributed by atoms with Crippen molar-refractivity contribution in [3.63, 3.8) is 0 Å². The summed E-state index contributed by atoms with van der Waals surface area (Å²) in [5.41, 5.74) is 0. The zero-order valence-corrected chi connectivity index (χ0v) is 9.00. The quantitative estimate of drug-likeness (QED) is 0.705. The zero-order valence-electron chi connectivity index (χ0n) is 8.18. The van der Waals surface area contributed by atoms with Crippen LogP contribution in [0.1, 0.15) is 12.8 Å². The maximum Gasteiger partial charge on any atom is 0.306 e. The summed E-state index contributed by atoms with van der Waals surface area (Å²) in [5, 5.41) is 8.87. The lowest BCUT2D eigenvalue weighted by atomic mass is 10.1. The van der Waals surface area contributed by atoms with Gasteiger partial charge in [-0.15, -0.1) is 12.4 Å². The van der Waals surface area contributed by atoms with Gasteiger partial charge in [-0.3, -0.25) is 9.69 Å². The van der Waals surface area contributed by atoms with Gasteiger partial charge in [0.25, 0.3) is 0 Å². The number of carboxylic acid groups (broad SMARTS) is 1. The van der Waals surface area contributed by atoms with Crippen molar-refractivity contribution in [2.75, 3.05) is 20.2 Å². The molecular weight excluding hydrogens is 206 g/mol. The third kappa shape index (κ3) is 2.02. The molecule has 1 N–H and O–H groups in total. The fourth-order valence-electron chi connectivity index (χ4n) is 2.34. The van der Waals surface area contributed by atoms with Gasteiger partial charge >= 0.3 is 5.97 Å². The average Bonchev–Trinajstić information content (AvgIpc) is 2.49. The van der Waals surface area contributed by atoms with Crippen LogP contribution < -0.4 is 0 Å². The molecule has 14 heavy (non-hydrogen) atoms. The highest BCUT2D eigenvalue weighted by atomic mass is 35.5. The number of hydrogen-bond acceptors (Lipinski definition) is 3. The molecule has 0 bridgehead atoms. The van der Waals surface area contributed by atoms with E-state index in [2.05, 4.69) is 4.90 Å². The van der Waals surface area contributed by atoms with E-state index in [-0.39, 0.29) is 24.4 Å². The lowest BCUT2D eigenvalue weighted by Gasteiger charge is -2.34. The highest BCUT2D eigenvalue weighted by molar-refractivity contribution is 5.85. The third-order valence-corrected chi connectivity index (χ3v) is 3.16. The van der Waals surface area contributed by atoms with E-state index in [0.717, 1.165) is 19.6 Å². The predicted octanol–water partition coefficient (Wildman–Crippen LogP) is 0.602. The molecule has 2 rings (SSSR count). The van der Waals surface area contributed by atoms with Gasteiger partial charge < -0.3 is 9.84 Å². The van der Waals surface area contributed by atoms with Crippen molar-refractivity contribution < 1.29 is 14.6 Å². The molecule has 0 spiro atoms. The van der Waals surface area contributed by atoms with Crippen molar-refractivity contribution in [3.05, 3.63) is 0 Å². The van der Waals surface area contributed by atoms with E-state index in [1.165, 1.54) is 0 Å². The number of hydrogen-bond donors (Lipinski definition) is 1. The normalized spacial score (nSPS) is 37.4. The standard InChI is InChI=1S/C9H15NO3.ClH/c1-10-2-3-13-8-5-6(9(11)12)4-7(8)10;/h6-8H,2-5H2,1H3,(H,11,12);1H. The molecule has 4 nitrogen and oxygen atoms in total. The molecule has 0 aromatic carbocycles. The molecule has 5 heteroatoms. The van der Waals surface area contributed by atoms with Gasteiger partial charge in [0.15, 0.2) is 0 Å². The van der Waals surface area contributed by atoms with E-state index >= 15 is 0 Å². The number of halogens is 1. The van der Waals surface area contributed by atoms with Crippen LogP contribution in [0.15, 0.2) is 0 Å². The van der Waals surface area contributed by atoms with E-state index in [0.29, 0.717) is 12.5 Å². The fraction of sp³-hybridized carbons (Fsp3) is 0.889. The summed E-state index contributed by atoms with van der Waals surface area (Å²) in [6.07, 6.45) is 1.58. The van der Waals surface area contributed by atoms with Gasteiger partial charge in [0.05, 0.1) is 18.6 Å². The topological polar surface area (TPSA) is 49.8 Å². The summed E-state index contributed by atoms with van der Waals surface area (Å²) in [6.45, 7) is 1.66. The molecule has 0 radical (unpaired) electrons. The van der Waals surface area contributed by atoms with Crippen LogP contribution in [-0.2, 0) is 9.53 Å². The predicted molar refractivity (Wildman–Crippen MR) is 53.8 cm³/mol. The smallest absolute Gasteiger partial charge is 0.306 e. The van der Waals surface area contributed by atoms with Crippen molar-refractivity contribution in [2.24, 2.45) is 5.92 Å². The number of carbonyl (C=O) groups is 1. The SMILES string of the molecule is CN1CCOC2CC(C(=O)O)CC21.Cl. The Morgan fingerprint density at radius 1 is 1.50 bits per heavy atom. The monoisotopic (exact) mass is 221 g/mol. The molecule has 1 heterocycles. The Kier molecular flexibility index (Phi) is 3.75. The van der Waals surface area contributed by atoms with Crippen molar-refractivity contribution in [3.8, 4) is 0 Å². The second-order valence-electron chi connectivity index (χ2n) is 3.96. The summed E-state index contributed by atoms with van der Waals surface area (Å²) in [5.74, 6) is -0.873. The van der Waals surface area contributed by atoms with Crippen molar-refractivity contribution in [1.29, 1.82) is 0 Å². The van der Waals surface area contributed by atoms with E-state index in [4.69, 9.17) is 9.84 Å². The van der Waals surface area contributed by atoms with Gasteiger partial charge in [-0.2, -0.15) is 0 Å². The van der Waals surface area contributed by atoms with Crippen molar-refractivity contribution in [1.82, 2.24) is 4.90 Å². The van der Waals surface area contributed by atoms with E-state index in [1.807, 2.05) is 7.05 Å². The first-order valence-corrected chi connectivity index (χ1v) is 4.73. The number of rotatable bonds is 1. The molecule has 3 atom stereocenters. The van der Waals surface area contributed by atoms with Crippen LogP contribution in [0.25, 0.3) is 0 Å². The first-order valence-electron chi connectivity index (χ1n) is 4.73. The molecule has 2 fully saturated rings. The first kappa shape index (κ1) is 11.8. The maximum absolute atomic E-state index is 10.8. The molecule has 1 saturated carbocycles. The first-order chi connectivity index (χ1) is 6.18. The minimum atomic E-state index is -0.675. The number of likely N-dealkylation sites (N-methyl/N-ethyl adjacent to an activating group) is 1. The fourth-order valence-corrected chi connectivity index (χ4v) is 2.34. The summed E-state index contributed by atoms with van der Waals surface area (Å²) < 4.78 is 5.55. The van der Waals surface area contributed by atoms with Gasteiger partial charge in [0.1, 0.15) is 0 Å². The van der Waals surface area contributed by atoms with Crippen LogP contribution in [0.4, 0.5) is 0 Å². The van der Waals surface area contributed by atoms with Gasteiger partial charge in [0.2, 0.25) is 0 Å². The lowest BCUT2D eigenvalue weighted by molar-refractivity contribution is -0.141. The number of ether oxygens (including phenoxy) is 1. The molecular formula is C9H16ClNO3. The van der Waals surface area contributed by atoms with Crippen LogP contribution in [0.3, 0.4) is 0 Å². The van der Waals surface area contributed by atoms with Crippen molar-refractivity contribution >= 4 is 18.4 Å². The Hall–Kier alpha value is -0.320. The maximum atomic E-state index is 10.8. The Labute approximate surface area is 89.6 Å². The number of aliphatic carboxylic acids is 1. The Balaban J connectivity index is 0.000000980. The molecule has 0 amide bonds. The van der Waals surface area contributed by atoms with Crippen LogP contribution in [-0.4, -0.2) is 48.3 Å². The minimum Gasteiger partial charge on any atom is -0.481 e. The van der Waals surface area contributed by atoms with Gasteiger partial charge in [0, 0.05) is 12.6 Å². The highest BCUT2D eigenvalue weighted by Crippen LogP contribution is 2.33. The summed E-state index contributed by atoms with van der Waals surface area (Å²) in [6, 6.07) is 0.329. The second kappa shape index (κ2) is 4.47. The molecule has 0 aromatic heterocycles. The molecule has 3 unspecified atom stereocenters. The summed E-state index contributed by atoms with van der Waals surface area (Å²) >= 11 is 0. The highest BCUT2D eigenvalue weighted by Gasteiger charge is 2.42. The van der Waals surface area contributed by atoms with E-state index < -0.39 is 5.97 Å². The van der Waals surface area contributed by atoms with Gasteiger partial charge in [-0.05, 0) is 19.9 Å². The van der Waals surface area contributed by atoms with Gasteiger partial charge in [-0.1, -0.05) is 0 Å². The molecule has 1 aliphatic carbocycles. The number of carboxylic acids is 1. The zero-order chi connectivity index (χ0) is 9.42. The molecule has 1 saturated heterocycles. The minimum absolute atomic E-state index is 0. The number of fused-ring (bicyclic) bond motifs is 1. The largest absolute Gasteiger partial charge is 0.481 e. The molecule has 2 aliphatic rings. The molecule has 1 aliphatic heterocycles. The van der Waals surface area contributed by atoms with Crippen LogP contribution in [0.5, 0.6) is 0 Å². The average molecular weight is 222 g/mol. The second-order valence-corrected chi connectivity index (χ2v) is 3.96. The van der Waals surface area contributed by atoms with E-state index in [9.17, 15) is 4.79 Å². The lowest BCUT2D eigenvalue weighted by Crippen LogP contribution is -2.46. The van der Waals surface area contributed by atoms with Crippen molar-refractivity contribution in [2.45, 2.75) is 25.0 Å². The van der Waals surface area contributed by atoms with Gasteiger partial charge in [-0.25, -0.2) is 0 Å². The Bertz CT molecular complexity index is 224. The molecule has 0 aromatic rings. The van der Waals surface area contributed by atoms with Crippen LogP contribution in [0, 0.1) is 5.92 Å². The Morgan fingerprint density at radius 2 is 2.21 bits per heavy atom. The summed E-state index contributed by atoms with van der Waals surface area (Å²) in [4.78, 5) is 13.0. The summed E-state index contributed by atoms with van der Waals surface area (Å²) in [7, 11) is 2.05. The Morgan fingerprint density at radius 3 is 2.79 bits per heavy atom. The van der Waals surface area contributed by atoms with Crippen LogP contribution in [0.2, 0.25) is 0 Å². The number of nitrogens with zero attached hydrogens (tertiary/aromatic N) is 1. The number of morpholine rings is 1. The third-order valence-electron chi connectivity index (χ3n) is 3.16.